The highest BCUT2D eigenvalue weighted by Crippen LogP contribution is 2.38. The summed E-state index contributed by atoms with van der Waals surface area (Å²) in [6.07, 6.45) is 0.939. The van der Waals surface area contributed by atoms with Crippen molar-refractivity contribution < 1.29 is 4.79 Å². The zero-order valence-corrected chi connectivity index (χ0v) is 10.8. The zero-order valence-electron chi connectivity index (χ0n) is 9.24. The molecule has 0 aliphatic heterocycles. The fourth-order valence-corrected chi connectivity index (χ4v) is 2.80. The molecule has 0 N–H and O–H groups in total. The Hall–Kier alpha value is -1.41. The molecular formula is C15H11BrO. The van der Waals surface area contributed by atoms with Crippen LogP contribution in [0.5, 0.6) is 0 Å². The number of rotatable bonds is 2. The lowest BCUT2D eigenvalue weighted by molar-refractivity contribution is 0.102. The van der Waals surface area contributed by atoms with Crippen molar-refractivity contribution in [3.63, 3.8) is 0 Å². The van der Waals surface area contributed by atoms with Crippen LogP contribution < -0.4 is 0 Å². The van der Waals surface area contributed by atoms with Crippen molar-refractivity contribution in [1.82, 2.24) is 0 Å². The topological polar surface area (TPSA) is 17.1 Å². The van der Waals surface area contributed by atoms with Gasteiger partial charge in [-0.3, -0.25) is 4.79 Å². The quantitative estimate of drug-likeness (QED) is 0.517. The maximum atomic E-state index is 11.9. The first kappa shape index (κ1) is 10.7. The van der Waals surface area contributed by atoms with Crippen LogP contribution in [0.15, 0.2) is 42.5 Å². The van der Waals surface area contributed by atoms with Gasteiger partial charge < -0.3 is 0 Å². The highest BCUT2D eigenvalue weighted by atomic mass is 79.9. The molecule has 1 aliphatic carbocycles. The average molecular weight is 287 g/mol. The minimum Gasteiger partial charge on any atom is -0.293 e. The van der Waals surface area contributed by atoms with E-state index in [-0.39, 0.29) is 5.78 Å². The minimum atomic E-state index is 0.151. The summed E-state index contributed by atoms with van der Waals surface area (Å²) >= 11 is 3.25. The number of carbonyl (C=O) groups excluding carboxylic acids is 1. The molecule has 84 valence electrons. The second-order valence-electron chi connectivity index (χ2n) is 4.23. The predicted octanol–water partition coefficient (Wildman–Crippen LogP) is 3.84. The van der Waals surface area contributed by atoms with E-state index in [1.54, 1.807) is 0 Å². The van der Waals surface area contributed by atoms with Crippen LogP contribution in [0.25, 0.3) is 11.1 Å². The van der Waals surface area contributed by atoms with Gasteiger partial charge in [0.25, 0.3) is 0 Å². The van der Waals surface area contributed by atoms with Gasteiger partial charge in [-0.05, 0) is 28.7 Å². The highest BCUT2D eigenvalue weighted by Gasteiger charge is 2.22. The van der Waals surface area contributed by atoms with Gasteiger partial charge in [0.1, 0.15) is 0 Å². The molecule has 0 atom stereocenters. The summed E-state index contributed by atoms with van der Waals surface area (Å²) in [5, 5.41) is 0.381. The number of ketones is 1. The minimum absolute atomic E-state index is 0.151. The van der Waals surface area contributed by atoms with Crippen LogP contribution in [0.2, 0.25) is 0 Å². The summed E-state index contributed by atoms with van der Waals surface area (Å²) in [7, 11) is 0. The van der Waals surface area contributed by atoms with Gasteiger partial charge in [0, 0.05) is 5.56 Å². The van der Waals surface area contributed by atoms with Gasteiger partial charge in [0.2, 0.25) is 0 Å². The SMILES string of the molecule is O=C(CBr)c1cccc2c1-c1ccccc1C2. The standard InChI is InChI=1S/C15H11BrO/c16-9-14(17)13-7-3-5-11-8-10-4-1-2-6-12(10)15(11)13/h1-7H,8-9H2. The summed E-state index contributed by atoms with van der Waals surface area (Å²) in [6, 6.07) is 14.3. The Kier molecular flexibility index (Phi) is 2.60. The van der Waals surface area contributed by atoms with E-state index < -0.39 is 0 Å². The van der Waals surface area contributed by atoms with E-state index >= 15 is 0 Å². The zero-order chi connectivity index (χ0) is 11.8. The van der Waals surface area contributed by atoms with Crippen LogP contribution in [0, 0.1) is 0 Å². The lowest BCUT2D eigenvalue weighted by Crippen LogP contribution is -2.02. The third-order valence-electron chi connectivity index (χ3n) is 3.24. The number of benzene rings is 2. The highest BCUT2D eigenvalue weighted by molar-refractivity contribution is 9.09. The van der Waals surface area contributed by atoms with Gasteiger partial charge in [0.15, 0.2) is 5.78 Å². The largest absolute Gasteiger partial charge is 0.293 e. The molecule has 0 heterocycles. The van der Waals surface area contributed by atoms with Gasteiger partial charge >= 0.3 is 0 Å². The van der Waals surface area contributed by atoms with Crippen LogP contribution in [0.4, 0.5) is 0 Å². The molecule has 3 rings (SSSR count). The average Bonchev–Trinajstić information content (AvgIpc) is 2.76. The molecule has 17 heavy (non-hydrogen) atoms. The van der Waals surface area contributed by atoms with Crippen molar-refractivity contribution in [1.29, 1.82) is 0 Å². The predicted molar refractivity (Wildman–Crippen MR) is 72.8 cm³/mol. The van der Waals surface area contributed by atoms with Crippen LogP contribution in [-0.4, -0.2) is 11.1 Å². The van der Waals surface area contributed by atoms with Crippen molar-refractivity contribution in [2.45, 2.75) is 6.42 Å². The fourth-order valence-electron chi connectivity index (χ4n) is 2.49. The van der Waals surface area contributed by atoms with Crippen molar-refractivity contribution in [3.05, 3.63) is 59.2 Å². The van der Waals surface area contributed by atoms with E-state index in [9.17, 15) is 4.79 Å². The van der Waals surface area contributed by atoms with E-state index in [2.05, 4.69) is 40.2 Å². The molecule has 0 saturated carbocycles. The van der Waals surface area contributed by atoms with Crippen LogP contribution in [0.1, 0.15) is 21.5 Å². The number of hydrogen-bond donors (Lipinski definition) is 0. The molecule has 2 aromatic rings. The number of hydrogen-bond acceptors (Lipinski definition) is 1. The molecule has 0 spiro atoms. The molecule has 0 aromatic heterocycles. The van der Waals surface area contributed by atoms with Crippen LogP contribution >= 0.6 is 15.9 Å². The van der Waals surface area contributed by atoms with Crippen LogP contribution in [-0.2, 0) is 6.42 Å². The molecule has 0 fully saturated rings. The normalized spacial score (nSPS) is 12.1. The smallest absolute Gasteiger partial charge is 0.174 e. The van der Waals surface area contributed by atoms with Crippen LogP contribution in [0.3, 0.4) is 0 Å². The molecule has 0 unspecified atom stereocenters. The lowest BCUT2D eigenvalue weighted by Gasteiger charge is -2.07. The Morgan fingerprint density at radius 3 is 2.65 bits per heavy atom. The number of Topliss-reactive ketones (excluding diaryl/α,β-unsaturated/α-hetero) is 1. The van der Waals surface area contributed by atoms with Gasteiger partial charge in [-0.15, -0.1) is 0 Å². The molecular weight excluding hydrogens is 276 g/mol. The molecule has 2 aromatic carbocycles. The molecule has 2 heteroatoms. The molecule has 0 saturated heterocycles. The van der Waals surface area contributed by atoms with Gasteiger partial charge in [-0.25, -0.2) is 0 Å². The first-order chi connectivity index (χ1) is 8.31. The molecule has 0 amide bonds. The molecule has 1 nitrogen and oxygen atoms in total. The molecule has 0 bridgehead atoms. The first-order valence-corrected chi connectivity index (χ1v) is 6.72. The number of alkyl halides is 1. The number of fused-ring (bicyclic) bond motifs is 3. The number of carbonyl (C=O) groups is 1. The second kappa shape index (κ2) is 4.11. The summed E-state index contributed by atoms with van der Waals surface area (Å²) in [5.41, 5.74) is 5.76. The van der Waals surface area contributed by atoms with E-state index in [1.807, 2.05) is 18.2 Å². The summed E-state index contributed by atoms with van der Waals surface area (Å²) in [4.78, 5) is 11.9. The summed E-state index contributed by atoms with van der Waals surface area (Å²) in [6.45, 7) is 0. The van der Waals surface area contributed by atoms with E-state index in [4.69, 9.17) is 0 Å². The summed E-state index contributed by atoms with van der Waals surface area (Å²) < 4.78 is 0. The van der Waals surface area contributed by atoms with Crippen molar-refractivity contribution in [2.24, 2.45) is 0 Å². The van der Waals surface area contributed by atoms with Gasteiger partial charge in [0.05, 0.1) is 5.33 Å². The Labute approximate surface area is 109 Å². The number of halogens is 1. The van der Waals surface area contributed by atoms with E-state index in [0.717, 1.165) is 17.5 Å². The third-order valence-corrected chi connectivity index (χ3v) is 3.75. The molecule has 1 aliphatic rings. The second-order valence-corrected chi connectivity index (χ2v) is 4.79. The Balaban J connectivity index is 2.26. The van der Waals surface area contributed by atoms with Gasteiger partial charge in [-0.1, -0.05) is 58.4 Å². The monoisotopic (exact) mass is 286 g/mol. The fraction of sp³-hybridized carbons (Fsp3) is 0.133. The van der Waals surface area contributed by atoms with Gasteiger partial charge in [-0.2, -0.15) is 0 Å². The molecule has 0 radical (unpaired) electrons. The van der Waals surface area contributed by atoms with Crippen molar-refractivity contribution >= 4 is 21.7 Å². The maximum absolute atomic E-state index is 11.9. The summed E-state index contributed by atoms with van der Waals surface area (Å²) in [5.74, 6) is 0.151. The van der Waals surface area contributed by atoms with E-state index in [0.29, 0.717) is 5.33 Å². The lowest BCUT2D eigenvalue weighted by atomic mass is 9.97. The third kappa shape index (κ3) is 1.64. The van der Waals surface area contributed by atoms with E-state index in [1.165, 1.54) is 16.7 Å². The Bertz CT molecular complexity index is 602. The Morgan fingerprint density at radius 2 is 1.82 bits per heavy atom. The first-order valence-electron chi connectivity index (χ1n) is 5.60. The Morgan fingerprint density at radius 1 is 1.06 bits per heavy atom. The van der Waals surface area contributed by atoms with Crippen molar-refractivity contribution in [2.75, 3.05) is 5.33 Å². The van der Waals surface area contributed by atoms with Crippen molar-refractivity contribution in [3.8, 4) is 11.1 Å². The maximum Gasteiger partial charge on any atom is 0.174 e.